The number of nitrogens with one attached hydrogen (secondary N) is 3. The zero-order valence-corrected chi connectivity index (χ0v) is 20.9. The zero-order valence-electron chi connectivity index (χ0n) is 20.0. The molecule has 4 rings (SSSR count). The lowest BCUT2D eigenvalue weighted by molar-refractivity contribution is -0.120. The number of carbonyl (C=O) groups excluding carboxylic acids is 3. The molecule has 2 aromatic carbocycles. The first-order valence-electron chi connectivity index (χ1n) is 11.5. The Bertz CT molecular complexity index is 1360. The van der Waals surface area contributed by atoms with Crippen LogP contribution in [0, 0.1) is 0 Å². The number of thiazole rings is 1. The first-order valence-corrected chi connectivity index (χ1v) is 12.4. The van der Waals surface area contributed by atoms with Gasteiger partial charge in [0, 0.05) is 53.6 Å². The molecule has 10 heteroatoms. The fraction of sp³-hybridized carbons (Fsp3) is 0.231. The maximum Gasteiger partial charge on any atom is 0.251 e. The summed E-state index contributed by atoms with van der Waals surface area (Å²) < 4.78 is 7.13. The van der Waals surface area contributed by atoms with Crippen LogP contribution in [0.15, 0.2) is 60.1 Å². The van der Waals surface area contributed by atoms with Crippen LogP contribution in [0.25, 0.3) is 16.2 Å². The minimum atomic E-state index is -0.248. The number of amides is 3. The molecule has 36 heavy (non-hydrogen) atoms. The van der Waals surface area contributed by atoms with Crippen molar-refractivity contribution < 1.29 is 19.1 Å². The molecule has 0 atom stereocenters. The predicted octanol–water partition coefficient (Wildman–Crippen LogP) is 3.51. The summed E-state index contributed by atoms with van der Waals surface area (Å²) in [5.74, 6) is 0.307. The van der Waals surface area contributed by atoms with Crippen LogP contribution in [-0.2, 0) is 16.0 Å². The van der Waals surface area contributed by atoms with E-state index < -0.39 is 0 Å². The van der Waals surface area contributed by atoms with Gasteiger partial charge in [-0.15, -0.1) is 11.3 Å². The molecule has 2 aromatic heterocycles. The Morgan fingerprint density at radius 3 is 2.39 bits per heavy atom. The van der Waals surface area contributed by atoms with Gasteiger partial charge in [0.05, 0.1) is 19.2 Å². The Kier molecular flexibility index (Phi) is 7.96. The molecular weight excluding hydrogens is 478 g/mol. The van der Waals surface area contributed by atoms with Crippen molar-refractivity contribution in [1.29, 1.82) is 0 Å². The summed E-state index contributed by atoms with van der Waals surface area (Å²) in [5.41, 5.74) is 3.76. The minimum absolute atomic E-state index is 0.0863. The first-order chi connectivity index (χ1) is 17.5. The third-order valence-electron chi connectivity index (χ3n) is 5.50. The highest BCUT2D eigenvalue weighted by atomic mass is 32.1. The lowest BCUT2D eigenvalue weighted by Crippen LogP contribution is -2.35. The molecular formula is C26H27N5O4S. The van der Waals surface area contributed by atoms with E-state index in [1.165, 1.54) is 11.3 Å². The first kappa shape index (κ1) is 24.9. The third-order valence-corrected chi connectivity index (χ3v) is 6.38. The van der Waals surface area contributed by atoms with Crippen molar-refractivity contribution in [3.8, 4) is 17.0 Å². The van der Waals surface area contributed by atoms with Gasteiger partial charge in [0.2, 0.25) is 11.8 Å². The highest BCUT2D eigenvalue weighted by Gasteiger charge is 2.13. The highest BCUT2D eigenvalue weighted by Crippen LogP contribution is 2.25. The topological polar surface area (TPSA) is 114 Å². The molecule has 0 aliphatic rings. The van der Waals surface area contributed by atoms with Crippen molar-refractivity contribution in [2.75, 3.05) is 25.5 Å². The molecule has 3 amide bonds. The Morgan fingerprint density at radius 1 is 0.972 bits per heavy atom. The Labute approximate surface area is 212 Å². The smallest absolute Gasteiger partial charge is 0.251 e. The number of carbonyl (C=O) groups is 3. The molecule has 0 aliphatic carbocycles. The Balaban J connectivity index is 1.25. The van der Waals surface area contributed by atoms with Gasteiger partial charge in [0.25, 0.3) is 5.91 Å². The van der Waals surface area contributed by atoms with Crippen molar-refractivity contribution in [2.24, 2.45) is 0 Å². The number of aromatic nitrogens is 2. The molecule has 0 saturated carbocycles. The van der Waals surface area contributed by atoms with Gasteiger partial charge >= 0.3 is 0 Å². The molecule has 3 N–H and O–H groups in total. The summed E-state index contributed by atoms with van der Waals surface area (Å²) in [5, 5.41) is 10.3. The van der Waals surface area contributed by atoms with Gasteiger partial charge in [-0.05, 0) is 48.5 Å². The van der Waals surface area contributed by atoms with Crippen LogP contribution in [0.3, 0.4) is 0 Å². The van der Waals surface area contributed by atoms with E-state index in [4.69, 9.17) is 4.74 Å². The largest absolute Gasteiger partial charge is 0.497 e. The summed E-state index contributed by atoms with van der Waals surface area (Å²) in [6.07, 6.45) is 2.52. The predicted molar refractivity (Wildman–Crippen MR) is 139 cm³/mol. The lowest BCUT2D eigenvalue weighted by Gasteiger charge is -2.08. The van der Waals surface area contributed by atoms with Gasteiger partial charge in [0.1, 0.15) is 5.75 Å². The van der Waals surface area contributed by atoms with E-state index in [-0.39, 0.29) is 24.1 Å². The lowest BCUT2D eigenvalue weighted by atomic mass is 10.2. The number of methoxy groups -OCH3 is 1. The monoisotopic (exact) mass is 505 g/mol. The van der Waals surface area contributed by atoms with Crippen LogP contribution in [0.5, 0.6) is 5.75 Å². The van der Waals surface area contributed by atoms with Crippen molar-refractivity contribution in [2.45, 2.75) is 19.8 Å². The second kappa shape index (κ2) is 11.5. The maximum atomic E-state index is 12.5. The molecule has 0 spiro atoms. The number of anilines is 1. The average molecular weight is 506 g/mol. The molecule has 0 radical (unpaired) electrons. The Hall–Kier alpha value is -4.18. The molecule has 0 fully saturated rings. The van der Waals surface area contributed by atoms with Crippen molar-refractivity contribution >= 4 is 39.7 Å². The van der Waals surface area contributed by atoms with Gasteiger partial charge in [-0.1, -0.05) is 6.92 Å². The van der Waals surface area contributed by atoms with E-state index in [1.54, 1.807) is 38.3 Å². The fourth-order valence-corrected chi connectivity index (χ4v) is 4.39. The number of benzene rings is 2. The third kappa shape index (κ3) is 6.08. The summed E-state index contributed by atoms with van der Waals surface area (Å²) in [6, 6.07) is 14.3. The van der Waals surface area contributed by atoms with Crippen LogP contribution in [0.1, 0.15) is 29.4 Å². The number of fused-ring (bicyclic) bond motifs is 1. The zero-order chi connectivity index (χ0) is 25.5. The van der Waals surface area contributed by atoms with Crippen molar-refractivity contribution in [3.63, 3.8) is 0 Å². The van der Waals surface area contributed by atoms with Gasteiger partial charge in [-0.2, -0.15) is 0 Å². The van der Waals surface area contributed by atoms with Gasteiger partial charge < -0.3 is 20.7 Å². The molecule has 0 saturated heterocycles. The van der Waals surface area contributed by atoms with Gasteiger partial charge in [-0.3, -0.25) is 18.8 Å². The summed E-state index contributed by atoms with van der Waals surface area (Å²) in [6.45, 7) is 2.38. The molecule has 0 unspecified atom stereocenters. The summed E-state index contributed by atoms with van der Waals surface area (Å²) in [4.78, 5) is 41.7. The van der Waals surface area contributed by atoms with Gasteiger partial charge in [0.15, 0.2) is 4.96 Å². The number of hydrogen-bond acceptors (Lipinski definition) is 6. The highest BCUT2D eigenvalue weighted by molar-refractivity contribution is 7.15. The van der Waals surface area contributed by atoms with E-state index in [1.807, 2.05) is 40.2 Å². The second-order valence-electron chi connectivity index (χ2n) is 8.00. The molecule has 4 aromatic rings. The fourth-order valence-electron chi connectivity index (χ4n) is 3.52. The normalized spacial score (nSPS) is 10.7. The Morgan fingerprint density at radius 2 is 1.69 bits per heavy atom. The second-order valence-corrected chi connectivity index (χ2v) is 8.83. The number of rotatable bonds is 10. The SMILES string of the molecule is CCC(=O)Nc1ccc(C(=O)NCCNC(=O)Cc2csc3nc(-c4ccc(OC)cc4)cn23)cc1. The maximum absolute atomic E-state index is 12.5. The summed E-state index contributed by atoms with van der Waals surface area (Å²) >= 11 is 1.48. The molecule has 0 bridgehead atoms. The number of ether oxygens (including phenoxy) is 1. The molecule has 9 nitrogen and oxygen atoms in total. The van der Waals surface area contributed by atoms with E-state index in [0.717, 1.165) is 27.7 Å². The molecule has 0 aliphatic heterocycles. The standard InChI is InChI=1S/C26H27N5O4S/c1-3-23(32)29-19-8-4-18(5-9-19)25(34)28-13-12-27-24(33)14-20-16-36-26-30-22(15-31(20)26)17-6-10-21(35-2)11-7-17/h4-11,15-16H,3,12-14H2,1-2H3,(H,27,33)(H,28,34)(H,29,32). The van der Waals surface area contributed by atoms with E-state index in [0.29, 0.717) is 30.8 Å². The van der Waals surface area contributed by atoms with Gasteiger partial charge in [-0.25, -0.2) is 4.98 Å². The minimum Gasteiger partial charge on any atom is -0.497 e. The molecule has 2 heterocycles. The number of hydrogen-bond donors (Lipinski definition) is 3. The van der Waals surface area contributed by atoms with Crippen LogP contribution >= 0.6 is 11.3 Å². The van der Waals surface area contributed by atoms with E-state index in [2.05, 4.69) is 20.9 Å². The van der Waals surface area contributed by atoms with E-state index in [9.17, 15) is 14.4 Å². The van der Waals surface area contributed by atoms with E-state index >= 15 is 0 Å². The number of imidazole rings is 1. The quantitative estimate of drug-likeness (QED) is 0.286. The van der Waals surface area contributed by atoms with Crippen LogP contribution in [-0.4, -0.2) is 47.3 Å². The van der Waals surface area contributed by atoms with Crippen LogP contribution in [0.4, 0.5) is 5.69 Å². The van der Waals surface area contributed by atoms with Crippen LogP contribution < -0.4 is 20.7 Å². The van der Waals surface area contributed by atoms with Crippen molar-refractivity contribution in [1.82, 2.24) is 20.0 Å². The summed E-state index contributed by atoms with van der Waals surface area (Å²) in [7, 11) is 1.63. The van der Waals surface area contributed by atoms with Crippen molar-refractivity contribution in [3.05, 3.63) is 71.4 Å². The number of nitrogens with zero attached hydrogens (tertiary/aromatic N) is 2. The average Bonchev–Trinajstić information content (AvgIpc) is 3.49. The van der Waals surface area contributed by atoms with Crippen LogP contribution in [0.2, 0.25) is 0 Å². The molecule has 186 valence electrons.